The van der Waals surface area contributed by atoms with Gasteiger partial charge in [-0.2, -0.15) is 11.8 Å². The lowest BCUT2D eigenvalue weighted by Crippen LogP contribution is -2.16. The maximum atomic E-state index is 4.60. The summed E-state index contributed by atoms with van der Waals surface area (Å²) >= 11 is 3.68. The number of nitrogens with one attached hydrogen (secondary N) is 1. The number of unbranched alkanes of at least 4 members (excludes halogenated alkanes) is 1. The van der Waals surface area contributed by atoms with Gasteiger partial charge in [-0.1, -0.05) is 0 Å². The summed E-state index contributed by atoms with van der Waals surface area (Å²) in [5.41, 5.74) is 2.46. The van der Waals surface area contributed by atoms with E-state index in [1.165, 1.54) is 29.2 Å². The minimum absolute atomic E-state index is 0.919. The number of fused-ring (bicyclic) bond motifs is 1. The third-order valence-electron chi connectivity index (χ3n) is 2.99. The number of imidazole rings is 1. The van der Waals surface area contributed by atoms with Crippen LogP contribution >= 0.6 is 23.1 Å². The molecule has 0 aromatic carbocycles. The molecule has 0 spiro atoms. The molecule has 5 heteroatoms. The highest BCUT2D eigenvalue weighted by Gasteiger charge is 2.10. The Bertz CT molecular complexity index is 502. The summed E-state index contributed by atoms with van der Waals surface area (Å²) in [5, 5.41) is 3.52. The van der Waals surface area contributed by atoms with Gasteiger partial charge in [0.2, 0.25) is 0 Å². The normalized spacial score (nSPS) is 11.5. The summed E-state index contributed by atoms with van der Waals surface area (Å²) in [6.45, 7) is 6.24. The van der Waals surface area contributed by atoms with Gasteiger partial charge in [-0.05, 0) is 45.2 Å². The van der Waals surface area contributed by atoms with Crippen LogP contribution in [0, 0.1) is 13.8 Å². The number of hydrogen-bond acceptors (Lipinski definition) is 4. The molecule has 0 amide bonds. The largest absolute Gasteiger partial charge is 0.311 e. The minimum atomic E-state index is 0.919. The van der Waals surface area contributed by atoms with Gasteiger partial charge < -0.3 is 5.32 Å². The van der Waals surface area contributed by atoms with Crippen molar-refractivity contribution in [2.75, 3.05) is 18.6 Å². The van der Waals surface area contributed by atoms with Crippen LogP contribution in [0.2, 0.25) is 0 Å². The van der Waals surface area contributed by atoms with Gasteiger partial charge in [0, 0.05) is 17.6 Å². The molecule has 2 aromatic heterocycles. The molecule has 2 rings (SSSR count). The van der Waals surface area contributed by atoms with Crippen LogP contribution in [-0.4, -0.2) is 27.9 Å². The molecule has 2 aromatic rings. The molecule has 0 saturated heterocycles. The van der Waals surface area contributed by atoms with E-state index >= 15 is 0 Å². The van der Waals surface area contributed by atoms with Gasteiger partial charge in [-0.3, -0.25) is 4.40 Å². The van der Waals surface area contributed by atoms with Crippen molar-refractivity contribution in [2.24, 2.45) is 0 Å². The van der Waals surface area contributed by atoms with E-state index in [1.807, 2.05) is 11.8 Å². The molecule has 100 valence electrons. The van der Waals surface area contributed by atoms with E-state index < -0.39 is 0 Å². The minimum Gasteiger partial charge on any atom is -0.311 e. The fourth-order valence-corrected chi connectivity index (χ4v) is 3.41. The van der Waals surface area contributed by atoms with Crippen LogP contribution in [0.4, 0.5) is 0 Å². The average Bonchev–Trinajstić information content (AvgIpc) is 2.80. The second kappa shape index (κ2) is 6.59. The zero-order valence-electron chi connectivity index (χ0n) is 11.3. The Kier molecular flexibility index (Phi) is 5.09. The van der Waals surface area contributed by atoms with Gasteiger partial charge in [0.15, 0.2) is 4.96 Å². The fraction of sp³-hybridized carbons (Fsp3) is 0.615. The Morgan fingerprint density at radius 2 is 2.22 bits per heavy atom. The van der Waals surface area contributed by atoms with Gasteiger partial charge in [-0.15, -0.1) is 11.3 Å². The van der Waals surface area contributed by atoms with Crippen molar-refractivity contribution in [1.82, 2.24) is 14.7 Å². The van der Waals surface area contributed by atoms with Gasteiger partial charge >= 0.3 is 0 Å². The first kappa shape index (κ1) is 13.9. The highest BCUT2D eigenvalue weighted by molar-refractivity contribution is 7.98. The van der Waals surface area contributed by atoms with Crippen LogP contribution in [0.15, 0.2) is 6.20 Å². The molecule has 0 aliphatic carbocycles. The molecule has 0 fully saturated rings. The van der Waals surface area contributed by atoms with E-state index in [2.05, 4.69) is 41.0 Å². The third-order valence-corrected chi connectivity index (χ3v) is 4.58. The predicted octanol–water partition coefficient (Wildman–Crippen LogP) is 3.25. The molecule has 0 atom stereocenters. The lowest BCUT2D eigenvalue weighted by molar-refractivity contribution is 0.631. The Morgan fingerprint density at radius 1 is 1.39 bits per heavy atom. The molecule has 0 saturated carbocycles. The molecule has 3 nitrogen and oxygen atoms in total. The average molecular weight is 283 g/mol. The van der Waals surface area contributed by atoms with Crippen LogP contribution in [0.5, 0.6) is 0 Å². The highest BCUT2D eigenvalue weighted by atomic mass is 32.2. The van der Waals surface area contributed by atoms with Crippen LogP contribution in [0.25, 0.3) is 4.96 Å². The predicted molar refractivity (Wildman–Crippen MR) is 81.9 cm³/mol. The van der Waals surface area contributed by atoms with Crippen LogP contribution in [-0.2, 0) is 6.54 Å². The zero-order valence-corrected chi connectivity index (χ0v) is 13.0. The van der Waals surface area contributed by atoms with E-state index in [0.29, 0.717) is 0 Å². The molecular formula is C13H21N3S2. The van der Waals surface area contributed by atoms with Crippen LogP contribution < -0.4 is 5.32 Å². The molecule has 0 aliphatic heterocycles. The summed E-state index contributed by atoms with van der Waals surface area (Å²) in [6, 6.07) is 0. The van der Waals surface area contributed by atoms with Crippen molar-refractivity contribution < 1.29 is 0 Å². The Hall–Kier alpha value is -0.520. The summed E-state index contributed by atoms with van der Waals surface area (Å²) in [6.07, 6.45) is 6.90. The van der Waals surface area contributed by atoms with E-state index in [4.69, 9.17) is 0 Å². The van der Waals surface area contributed by atoms with Crippen molar-refractivity contribution in [1.29, 1.82) is 0 Å². The number of aromatic nitrogens is 2. The highest BCUT2D eigenvalue weighted by Crippen LogP contribution is 2.20. The number of nitrogens with zero attached hydrogens (tertiary/aromatic N) is 2. The molecule has 18 heavy (non-hydrogen) atoms. The maximum Gasteiger partial charge on any atom is 0.194 e. The summed E-state index contributed by atoms with van der Waals surface area (Å²) in [7, 11) is 0. The first-order valence-electron chi connectivity index (χ1n) is 6.36. The quantitative estimate of drug-likeness (QED) is 0.791. The van der Waals surface area contributed by atoms with Gasteiger partial charge in [0.1, 0.15) is 0 Å². The number of aryl methyl sites for hydroxylation is 2. The smallest absolute Gasteiger partial charge is 0.194 e. The van der Waals surface area contributed by atoms with Crippen molar-refractivity contribution in [3.63, 3.8) is 0 Å². The number of thiazole rings is 1. The lowest BCUT2D eigenvalue weighted by atomic mass is 10.3. The van der Waals surface area contributed by atoms with Crippen molar-refractivity contribution in [2.45, 2.75) is 33.2 Å². The molecule has 1 N–H and O–H groups in total. The van der Waals surface area contributed by atoms with Gasteiger partial charge in [-0.25, -0.2) is 4.98 Å². The molecule has 0 bridgehead atoms. The summed E-state index contributed by atoms with van der Waals surface area (Å²) in [5.74, 6) is 1.27. The lowest BCUT2D eigenvalue weighted by Gasteiger charge is -2.04. The summed E-state index contributed by atoms with van der Waals surface area (Å²) in [4.78, 5) is 7.03. The fourth-order valence-electron chi connectivity index (χ4n) is 2.03. The van der Waals surface area contributed by atoms with E-state index in [1.54, 1.807) is 11.3 Å². The van der Waals surface area contributed by atoms with Gasteiger partial charge in [0.25, 0.3) is 0 Å². The van der Waals surface area contributed by atoms with Gasteiger partial charge in [0.05, 0.1) is 11.4 Å². The standard InChI is InChI=1S/C13H21N3S2/c1-10-9-16-12(11(2)15-13(16)18-10)8-14-6-4-5-7-17-3/h9,14H,4-8H2,1-3H3. The molecule has 0 aliphatic rings. The van der Waals surface area contributed by atoms with Crippen molar-refractivity contribution in [3.05, 3.63) is 22.5 Å². The topological polar surface area (TPSA) is 29.3 Å². The number of thioether (sulfide) groups is 1. The van der Waals surface area contributed by atoms with Crippen molar-refractivity contribution in [3.8, 4) is 0 Å². The second-order valence-electron chi connectivity index (χ2n) is 4.51. The Morgan fingerprint density at radius 3 is 3.00 bits per heavy atom. The Labute approximate surface area is 117 Å². The maximum absolute atomic E-state index is 4.60. The molecule has 0 radical (unpaired) electrons. The molecule has 0 unspecified atom stereocenters. The molecule has 2 heterocycles. The zero-order chi connectivity index (χ0) is 13.0. The van der Waals surface area contributed by atoms with Crippen LogP contribution in [0.1, 0.15) is 29.1 Å². The first-order chi connectivity index (χ1) is 8.72. The number of hydrogen-bond donors (Lipinski definition) is 1. The third kappa shape index (κ3) is 3.28. The Balaban J connectivity index is 1.88. The van der Waals surface area contributed by atoms with Crippen molar-refractivity contribution >= 4 is 28.1 Å². The SMILES string of the molecule is CSCCCCNCc1c(C)nc2sc(C)cn12. The van der Waals surface area contributed by atoms with Crippen LogP contribution in [0.3, 0.4) is 0 Å². The van der Waals surface area contributed by atoms with E-state index in [-0.39, 0.29) is 0 Å². The number of rotatable bonds is 7. The molecular weight excluding hydrogens is 262 g/mol. The monoisotopic (exact) mass is 283 g/mol. The first-order valence-corrected chi connectivity index (χ1v) is 8.57. The van der Waals surface area contributed by atoms with E-state index in [0.717, 1.165) is 23.7 Å². The van der Waals surface area contributed by atoms with E-state index in [9.17, 15) is 0 Å². The summed E-state index contributed by atoms with van der Waals surface area (Å²) < 4.78 is 2.23. The second-order valence-corrected chi connectivity index (χ2v) is 6.71.